The fourth-order valence-corrected chi connectivity index (χ4v) is 1.53. The third-order valence-electron chi connectivity index (χ3n) is 2.22. The highest BCUT2D eigenvalue weighted by molar-refractivity contribution is 6.30. The zero-order valence-corrected chi connectivity index (χ0v) is 9.74. The lowest BCUT2D eigenvalue weighted by atomic mass is 10.2. The molecule has 17 heavy (non-hydrogen) atoms. The maximum atomic E-state index is 7.45. The Kier molecular flexibility index (Phi) is 3.30. The van der Waals surface area contributed by atoms with Crippen molar-refractivity contribution in [2.24, 2.45) is 5.73 Å². The first-order chi connectivity index (χ1) is 8.16. The summed E-state index contributed by atoms with van der Waals surface area (Å²) < 4.78 is 5.65. The van der Waals surface area contributed by atoms with Crippen molar-refractivity contribution in [2.75, 3.05) is 0 Å². The molecule has 0 aromatic heterocycles. The Morgan fingerprint density at radius 1 is 1.06 bits per heavy atom. The van der Waals surface area contributed by atoms with Gasteiger partial charge in [-0.25, -0.2) is 0 Å². The van der Waals surface area contributed by atoms with Crippen LogP contribution in [0.5, 0.6) is 11.5 Å². The van der Waals surface area contributed by atoms with Crippen molar-refractivity contribution in [3.63, 3.8) is 0 Å². The minimum absolute atomic E-state index is 0.0189. The molecular weight excluding hydrogens is 236 g/mol. The van der Waals surface area contributed by atoms with Gasteiger partial charge >= 0.3 is 0 Å². The highest BCUT2D eigenvalue weighted by Gasteiger charge is 2.06. The second kappa shape index (κ2) is 4.89. The van der Waals surface area contributed by atoms with Gasteiger partial charge in [0.1, 0.15) is 17.3 Å². The van der Waals surface area contributed by atoms with E-state index in [-0.39, 0.29) is 5.84 Å². The smallest absolute Gasteiger partial charge is 0.138 e. The lowest BCUT2D eigenvalue weighted by Gasteiger charge is -2.09. The molecule has 3 N–H and O–H groups in total. The van der Waals surface area contributed by atoms with Crippen molar-refractivity contribution >= 4 is 17.4 Å². The van der Waals surface area contributed by atoms with Gasteiger partial charge in [-0.05, 0) is 36.4 Å². The standard InChI is InChI=1S/C13H11ClN2O/c14-9-5-7-10(8-6-9)17-12-4-2-1-3-11(12)13(15)16/h1-8H,(H3,15,16). The zero-order chi connectivity index (χ0) is 12.3. The Morgan fingerprint density at radius 2 is 1.71 bits per heavy atom. The van der Waals surface area contributed by atoms with E-state index >= 15 is 0 Å². The second-order valence-electron chi connectivity index (χ2n) is 3.47. The molecule has 0 radical (unpaired) electrons. The van der Waals surface area contributed by atoms with E-state index < -0.39 is 0 Å². The molecule has 2 aromatic rings. The Morgan fingerprint density at radius 3 is 2.35 bits per heavy atom. The minimum Gasteiger partial charge on any atom is -0.457 e. The molecule has 0 saturated heterocycles. The zero-order valence-electron chi connectivity index (χ0n) is 8.98. The Labute approximate surface area is 104 Å². The first-order valence-corrected chi connectivity index (χ1v) is 5.41. The van der Waals surface area contributed by atoms with E-state index in [2.05, 4.69) is 0 Å². The van der Waals surface area contributed by atoms with Crippen molar-refractivity contribution in [1.29, 1.82) is 5.41 Å². The van der Waals surface area contributed by atoms with Gasteiger partial charge in [-0.3, -0.25) is 5.41 Å². The number of hydrogen-bond donors (Lipinski definition) is 2. The molecule has 0 amide bonds. The molecule has 0 aliphatic rings. The van der Waals surface area contributed by atoms with Gasteiger partial charge in [0.15, 0.2) is 0 Å². The molecule has 0 saturated carbocycles. The number of halogens is 1. The van der Waals surface area contributed by atoms with Gasteiger partial charge in [0, 0.05) is 5.02 Å². The summed E-state index contributed by atoms with van der Waals surface area (Å²) in [6, 6.07) is 14.2. The summed E-state index contributed by atoms with van der Waals surface area (Å²) in [6.07, 6.45) is 0. The van der Waals surface area contributed by atoms with Crippen molar-refractivity contribution in [3.8, 4) is 11.5 Å². The summed E-state index contributed by atoms with van der Waals surface area (Å²) in [6.45, 7) is 0. The molecule has 0 spiro atoms. The molecule has 0 bridgehead atoms. The molecule has 0 unspecified atom stereocenters. The van der Waals surface area contributed by atoms with Gasteiger partial charge in [-0.15, -0.1) is 0 Å². The van der Waals surface area contributed by atoms with Crippen LogP contribution in [0.15, 0.2) is 48.5 Å². The van der Waals surface area contributed by atoms with Crippen LogP contribution in [0.1, 0.15) is 5.56 Å². The largest absolute Gasteiger partial charge is 0.457 e. The number of para-hydroxylation sites is 1. The number of ether oxygens (including phenoxy) is 1. The second-order valence-corrected chi connectivity index (χ2v) is 3.90. The van der Waals surface area contributed by atoms with E-state index in [0.29, 0.717) is 22.1 Å². The number of rotatable bonds is 3. The molecule has 4 heteroatoms. The van der Waals surface area contributed by atoms with Crippen LogP contribution >= 0.6 is 11.6 Å². The normalized spacial score (nSPS) is 9.94. The highest BCUT2D eigenvalue weighted by atomic mass is 35.5. The van der Waals surface area contributed by atoms with Crippen LogP contribution < -0.4 is 10.5 Å². The first kappa shape index (κ1) is 11.5. The number of hydrogen-bond acceptors (Lipinski definition) is 2. The van der Waals surface area contributed by atoms with Gasteiger partial charge in [0.25, 0.3) is 0 Å². The topological polar surface area (TPSA) is 59.1 Å². The van der Waals surface area contributed by atoms with Crippen LogP contribution in [0.2, 0.25) is 5.02 Å². The molecule has 0 atom stereocenters. The Bertz CT molecular complexity index is 537. The number of nitrogens with two attached hydrogens (primary N) is 1. The van der Waals surface area contributed by atoms with Crippen molar-refractivity contribution in [1.82, 2.24) is 0 Å². The molecule has 3 nitrogen and oxygen atoms in total. The lowest BCUT2D eigenvalue weighted by molar-refractivity contribution is 0.481. The average Bonchev–Trinajstić information content (AvgIpc) is 2.32. The van der Waals surface area contributed by atoms with Crippen LogP contribution in [0, 0.1) is 5.41 Å². The third kappa shape index (κ3) is 2.77. The highest BCUT2D eigenvalue weighted by Crippen LogP contribution is 2.25. The van der Waals surface area contributed by atoms with Gasteiger partial charge in [0.2, 0.25) is 0 Å². The van der Waals surface area contributed by atoms with Crippen LogP contribution in [0.3, 0.4) is 0 Å². The maximum Gasteiger partial charge on any atom is 0.138 e. The van der Waals surface area contributed by atoms with Crippen LogP contribution in [0.4, 0.5) is 0 Å². The minimum atomic E-state index is -0.0189. The van der Waals surface area contributed by atoms with Crippen molar-refractivity contribution in [3.05, 3.63) is 59.1 Å². The van der Waals surface area contributed by atoms with Gasteiger partial charge in [-0.2, -0.15) is 0 Å². The monoisotopic (exact) mass is 246 g/mol. The van der Waals surface area contributed by atoms with E-state index in [4.69, 9.17) is 27.5 Å². The van der Waals surface area contributed by atoms with Crippen LogP contribution in [-0.4, -0.2) is 5.84 Å². The fourth-order valence-electron chi connectivity index (χ4n) is 1.41. The van der Waals surface area contributed by atoms with Crippen LogP contribution in [-0.2, 0) is 0 Å². The molecule has 2 aromatic carbocycles. The fraction of sp³-hybridized carbons (Fsp3) is 0. The molecule has 0 heterocycles. The predicted molar refractivity (Wildman–Crippen MR) is 69.0 cm³/mol. The van der Waals surface area contributed by atoms with Gasteiger partial charge in [0.05, 0.1) is 5.56 Å². The lowest BCUT2D eigenvalue weighted by Crippen LogP contribution is -2.12. The van der Waals surface area contributed by atoms with E-state index in [9.17, 15) is 0 Å². The van der Waals surface area contributed by atoms with Gasteiger partial charge < -0.3 is 10.5 Å². The predicted octanol–water partition coefficient (Wildman–Crippen LogP) is 3.42. The average molecular weight is 247 g/mol. The summed E-state index contributed by atoms with van der Waals surface area (Å²) in [5.74, 6) is 1.19. The van der Waals surface area contributed by atoms with E-state index in [1.54, 1.807) is 36.4 Å². The third-order valence-corrected chi connectivity index (χ3v) is 2.47. The van der Waals surface area contributed by atoms with E-state index in [1.165, 1.54) is 0 Å². The quantitative estimate of drug-likeness (QED) is 0.644. The number of nitrogen functional groups attached to an aromatic ring is 1. The summed E-state index contributed by atoms with van der Waals surface area (Å²) in [4.78, 5) is 0. The molecule has 0 aliphatic heterocycles. The molecule has 2 rings (SSSR count). The number of nitrogens with one attached hydrogen (secondary N) is 1. The van der Waals surface area contributed by atoms with Crippen molar-refractivity contribution < 1.29 is 4.74 Å². The molecule has 86 valence electrons. The first-order valence-electron chi connectivity index (χ1n) is 5.03. The number of amidine groups is 1. The van der Waals surface area contributed by atoms with Gasteiger partial charge in [-0.1, -0.05) is 23.7 Å². The summed E-state index contributed by atoms with van der Waals surface area (Å²) in [7, 11) is 0. The summed E-state index contributed by atoms with van der Waals surface area (Å²) in [5.41, 5.74) is 6.05. The SMILES string of the molecule is N=C(N)c1ccccc1Oc1ccc(Cl)cc1. The van der Waals surface area contributed by atoms with E-state index in [1.807, 2.05) is 12.1 Å². The maximum absolute atomic E-state index is 7.45. The number of benzene rings is 2. The molecule has 0 aliphatic carbocycles. The molecule has 0 fully saturated rings. The molecular formula is C13H11ClN2O. The summed E-state index contributed by atoms with van der Waals surface area (Å²) >= 11 is 5.79. The van der Waals surface area contributed by atoms with Crippen molar-refractivity contribution in [2.45, 2.75) is 0 Å². The Balaban J connectivity index is 2.30. The van der Waals surface area contributed by atoms with Crippen LogP contribution in [0.25, 0.3) is 0 Å². The Hall–Kier alpha value is -2.00. The van der Waals surface area contributed by atoms with E-state index in [0.717, 1.165) is 0 Å². The summed E-state index contributed by atoms with van der Waals surface area (Å²) in [5, 5.41) is 8.10.